The molecule has 0 saturated carbocycles. The molecule has 2 rings (SSSR count). The molecule has 0 spiro atoms. The quantitative estimate of drug-likeness (QED) is 0.858. The van der Waals surface area contributed by atoms with Crippen molar-refractivity contribution in [3.63, 3.8) is 0 Å². The molecular formula is C13H14FNO. The van der Waals surface area contributed by atoms with Gasteiger partial charge in [0.25, 0.3) is 0 Å². The molecule has 2 nitrogen and oxygen atoms in total. The van der Waals surface area contributed by atoms with E-state index in [2.05, 4.69) is 5.32 Å². The first-order chi connectivity index (χ1) is 7.72. The second-order valence-electron chi connectivity index (χ2n) is 3.76. The van der Waals surface area contributed by atoms with Gasteiger partial charge in [0.1, 0.15) is 11.6 Å². The number of hydrogen-bond donors (Lipinski definition) is 1. The van der Waals surface area contributed by atoms with Crippen LogP contribution in [0.5, 0.6) is 0 Å². The molecule has 1 unspecified atom stereocenters. The highest BCUT2D eigenvalue weighted by molar-refractivity contribution is 5.31. The van der Waals surface area contributed by atoms with E-state index < -0.39 is 0 Å². The Labute approximate surface area is 94.1 Å². The molecule has 3 heteroatoms. The minimum Gasteiger partial charge on any atom is -0.467 e. The van der Waals surface area contributed by atoms with Crippen LogP contribution in [0.15, 0.2) is 41.0 Å². The number of nitrogens with one attached hydrogen (secondary N) is 1. The lowest BCUT2D eigenvalue weighted by atomic mass is 10.0. The molecule has 84 valence electrons. The summed E-state index contributed by atoms with van der Waals surface area (Å²) in [5, 5.41) is 3.06. The second kappa shape index (κ2) is 4.49. The summed E-state index contributed by atoms with van der Waals surface area (Å²) in [6, 6.07) is 8.47. The number of hydrogen-bond acceptors (Lipinski definition) is 2. The monoisotopic (exact) mass is 219 g/mol. The molecule has 16 heavy (non-hydrogen) atoms. The van der Waals surface area contributed by atoms with Gasteiger partial charge in [-0.3, -0.25) is 0 Å². The fraction of sp³-hybridized carbons (Fsp3) is 0.231. The number of halogens is 1. The van der Waals surface area contributed by atoms with Crippen molar-refractivity contribution in [3.05, 3.63) is 59.3 Å². The number of furan rings is 1. The van der Waals surface area contributed by atoms with Crippen molar-refractivity contribution in [1.82, 2.24) is 5.32 Å². The minimum absolute atomic E-state index is 0.221. The van der Waals surface area contributed by atoms with E-state index in [1.807, 2.05) is 19.1 Å². The summed E-state index contributed by atoms with van der Waals surface area (Å²) >= 11 is 0. The zero-order valence-electron chi connectivity index (χ0n) is 9.33. The van der Waals surface area contributed by atoms with Crippen LogP contribution in [0.3, 0.4) is 0 Å². The Morgan fingerprint density at radius 1 is 1.31 bits per heavy atom. The number of benzene rings is 1. The number of aryl methyl sites for hydroxylation is 1. The first kappa shape index (κ1) is 10.9. The van der Waals surface area contributed by atoms with Crippen molar-refractivity contribution in [2.75, 3.05) is 7.05 Å². The highest BCUT2D eigenvalue weighted by Crippen LogP contribution is 2.25. The van der Waals surface area contributed by atoms with Gasteiger partial charge in [-0.15, -0.1) is 0 Å². The molecule has 0 radical (unpaired) electrons. The fourth-order valence-electron chi connectivity index (χ4n) is 1.79. The van der Waals surface area contributed by atoms with Gasteiger partial charge >= 0.3 is 0 Å². The van der Waals surface area contributed by atoms with Crippen molar-refractivity contribution < 1.29 is 8.81 Å². The van der Waals surface area contributed by atoms with E-state index in [4.69, 9.17) is 4.42 Å². The molecule has 1 atom stereocenters. The molecule has 0 aliphatic rings. The molecule has 1 heterocycles. The zero-order valence-corrected chi connectivity index (χ0v) is 9.33. The van der Waals surface area contributed by atoms with E-state index in [1.165, 1.54) is 6.07 Å². The minimum atomic E-state index is -0.241. The van der Waals surface area contributed by atoms with Gasteiger partial charge in [0, 0.05) is 5.56 Å². The van der Waals surface area contributed by atoms with Crippen LogP contribution in [0.2, 0.25) is 0 Å². The van der Waals surface area contributed by atoms with Crippen LogP contribution in [0, 0.1) is 12.7 Å². The summed E-state index contributed by atoms with van der Waals surface area (Å²) in [5.74, 6) is 0.494. The lowest BCUT2D eigenvalue weighted by molar-refractivity contribution is 0.452. The Balaban J connectivity index is 2.44. The van der Waals surface area contributed by atoms with Crippen LogP contribution in [0.25, 0.3) is 0 Å². The van der Waals surface area contributed by atoms with Gasteiger partial charge in [0.15, 0.2) is 0 Å². The average molecular weight is 219 g/mol. The third kappa shape index (κ3) is 1.99. The molecule has 1 aromatic heterocycles. The van der Waals surface area contributed by atoms with Gasteiger partial charge in [0.05, 0.1) is 12.3 Å². The Morgan fingerprint density at radius 3 is 2.75 bits per heavy atom. The van der Waals surface area contributed by atoms with Gasteiger partial charge in [-0.05, 0) is 32.2 Å². The smallest absolute Gasteiger partial charge is 0.128 e. The van der Waals surface area contributed by atoms with E-state index >= 15 is 0 Å². The largest absolute Gasteiger partial charge is 0.467 e. The van der Waals surface area contributed by atoms with Crippen LogP contribution in [0.4, 0.5) is 4.39 Å². The standard InChI is InChI=1S/C13H14FNO/c1-9-5-6-11(14)10(8-9)13(15-2)12-4-3-7-16-12/h3-8,13,15H,1-2H3. The van der Waals surface area contributed by atoms with Crippen molar-refractivity contribution >= 4 is 0 Å². The first-order valence-electron chi connectivity index (χ1n) is 5.19. The topological polar surface area (TPSA) is 25.2 Å². The molecule has 0 fully saturated rings. The molecule has 1 N–H and O–H groups in total. The Hall–Kier alpha value is -1.61. The van der Waals surface area contributed by atoms with Gasteiger partial charge < -0.3 is 9.73 Å². The maximum atomic E-state index is 13.7. The SMILES string of the molecule is CNC(c1ccco1)c1cc(C)ccc1F. The summed E-state index contributed by atoms with van der Waals surface area (Å²) in [4.78, 5) is 0. The average Bonchev–Trinajstić information content (AvgIpc) is 2.78. The fourth-order valence-corrected chi connectivity index (χ4v) is 1.79. The molecule has 2 aromatic rings. The van der Waals surface area contributed by atoms with E-state index in [0.29, 0.717) is 11.3 Å². The van der Waals surface area contributed by atoms with Gasteiger partial charge in [-0.1, -0.05) is 17.7 Å². The maximum Gasteiger partial charge on any atom is 0.128 e. The summed E-state index contributed by atoms with van der Waals surface area (Å²) in [6.07, 6.45) is 1.59. The van der Waals surface area contributed by atoms with Crippen molar-refractivity contribution in [1.29, 1.82) is 0 Å². The van der Waals surface area contributed by atoms with Gasteiger partial charge in [-0.2, -0.15) is 0 Å². The first-order valence-corrected chi connectivity index (χ1v) is 5.19. The van der Waals surface area contributed by atoms with Crippen LogP contribution in [0.1, 0.15) is 22.9 Å². The third-order valence-electron chi connectivity index (χ3n) is 2.58. The molecule has 0 amide bonds. The molecule has 0 aliphatic carbocycles. The van der Waals surface area contributed by atoms with Crippen LogP contribution >= 0.6 is 0 Å². The zero-order chi connectivity index (χ0) is 11.5. The second-order valence-corrected chi connectivity index (χ2v) is 3.76. The van der Waals surface area contributed by atoms with E-state index in [9.17, 15) is 4.39 Å². The summed E-state index contributed by atoms with van der Waals surface area (Å²) in [7, 11) is 1.79. The highest BCUT2D eigenvalue weighted by Gasteiger charge is 2.18. The predicted molar refractivity (Wildman–Crippen MR) is 60.7 cm³/mol. The Bertz CT molecular complexity index is 465. The van der Waals surface area contributed by atoms with Crippen LogP contribution in [-0.2, 0) is 0 Å². The van der Waals surface area contributed by atoms with Crippen molar-refractivity contribution in [2.24, 2.45) is 0 Å². The predicted octanol–water partition coefficient (Wildman–Crippen LogP) is 3.04. The number of rotatable bonds is 3. The van der Waals surface area contributed by atoms with Crippen molar-refractivity contribution in [2.45, 2.75) is 13.0 Å². The van der Waals surface area contributed by atoms with E-state index in [1.54, 1.807) is 25.4 Å². The third-order valence-corrected chi connectivity index (χ3v) is 2.58. The van der Waals surface area contributed by atoms with Crippen molar-refractivity contribution in [3.8, 4) is 0 Å². The van der Waals surface area contributed by atoms with Crippen LogP contribution in [-0.4, -0.2) is 7.05 Å². The molecule has 0 aliphatic heterocycles. The Kier molecular flexibility index (Phi) is 3.06. The summed E-state index contributed by atoms with van der Waals surface area (Å²) in [6.45, 7) is 1.94. The van der Waals surface area contributed by atoms with Crippen LogP contribution < -0.4 is 5.32 Å². The molecule has 1 aromatic carbocycles. The molecular weight excluding hydrogens is 205 g/mol. The maximum absolute atomic E-state index is 13.7. The molecule has 0 saturated heterocycles. The van der Waals surface area contributed by atoms with Gasteiger partial charge in [0.2, 0.25) is 0 Å². The summed E-state index contributed by atoms with van der Waals surface area (Å²) in [5.41, 5.74) is 1.64. The van der Waals surface area contributed by atoms with E-state index in [-0.39, 0.29) is 11.9 Å². The normalized spacial score (nSPS) is 12.7. The van der Waals surface area contributed by atoms with E-state index in [0.717, 1.165) is 5.56 Å². The summed E-state index contributed by atoms with van der Waals surface area (Å²) < 4.78 is 19.0. The molecule has 0 bridgehead atoms. The Morgan fingerprint density at radius 2 is 2.12 bits per heavy atom. The lowest BCUT2D eigenvalue weighted by Gasteiger charge is -2.15. The highest BCUT2D eigenvalue weighted by atomic mass is 19.1. The lowest BCUT2D eigenvalue weighted by Crippen LogP contribution is -2.18. The van der Waals surface area contributed by atoms with Gasteiger partial charge in [-0.25, -0.2) is 4.39 Å².